The Morgan fingerprint density at radius 1 is 1.12 bits per heavy atom. The van der Waals surface area contributed by atoms with E-state index in [0.717, 1.165) is 27.7 Å². The van der Waals surface area contributed by atoms with Gasteiger partial charge in [0.2, 0.25) is 0 Å². The standard InChI is InChI=1S/C20H22N2OS.BrH/c1-15-9-11-16(12-10-15)18(23)13-22(17-7-5-4-6-8-17)19-21-20(2,3)14-24-19;/h4-12H,13-14H2,1-3H3;1H. The zero-order valence-corrected chi connectivity index (χ0v) is 17.3. The number of aryl methyl sites for hydroxylation is 1. The van der Waals surface area contributed by atoms with Crippen LogP contribution in [0.25, 0.3) is 0 Å². The zero-order valence-electron chi connectivity index (χ0n) is 14.7. The Morgan fingerprint density at radius 2 is 1.76 bits per heavy atom. The van der Waals surface area contributed by atoms with E-state index in [1.54, 1.807) is 11.8 Å². The molecule has 0 aromatic heterocycles. The Bertz CT molecular complexity index is 757. The summed E-state index contributed by atoms with van der Waals surface area (Å²) in [6, 6.07) is 17.8. The van der Waals surface area contributed by atoms with E-state index >= 15 is 0 Å². The number of para-hydroxylation sites is 1. The Balaban J connectivity index is 0.00000225. The number of thioether (sulfide) groups is 1. The van der Waals surface area contributed by atoms with Crippen LogP contribution in [0.4, 0.5) is 5.69 Å². The monoisotopic (exact) mass is 418 g/mol. The summed E-state index contributed by atoms with van der Waals surface area (Å²) in [6.45, 7) is 6.57. The van der Waals surface area contributed by atoms with Gasteiger partial charge in [-0.15, -0.1) is 17.0 Å². The van der Waals surface area contributed by atoms with Crippen molar-refractivity contribution in [1.82, 2.24) is 0 Å². The number of hydrogen-bond acceptors (Lipinski definition) is 4. The largest absolute Gasteiger partial charge is 0.313 e. The van der Waals surface area contributed by atoms with Crippen molar-refractivity contribution in [2.75, 3.05) is 17.2 Å². The van der Waals surface area contributed by atoms with Crippen LogP contribution in [0.3, 0.4) is 0 Å². The molecule has 132 valence electrons. The van der Waals surface area contributed by atoms with E-state index in [2.05, 4.69) is 13.8 Å². The number of ketones is 1. The lowest BCUT2D eigenvalue weighted by molar-refractivity contribution is 0.100. The molecule has 0 amide bonds. The van der Waals surface area contributed by atoms with E-state index < -0.39 is 0 Å². The van der Waals surface area contributed by atoms with Gasteiger partial charge in [0, 0.05) is 17.0 Å². The SMILES string of the molecule is Br.Cc1ccc(C(=O)CN(C2=NC(C)(C)CS2)c2ccccc2)cc1. The minimum atomic E-state index is -0.0834. The van der Waals surface area contributed by atoms with Gasteiger partial charge in [0.05, 0.1) is 12.1 Å². The zero-order chi connectivity index (χ0) is 17.2. The van der Waals surface area contributed by atoms with Gasteiger partial charge in [0.15, 0.2) is 11.0 Å². The lowest BCUT2D eigenvalue weighted by Crippen LogP contribution is -2.33. The Hall–Kier alpha value is -1.59. The molecule has 3 nitrogen and oxygen atoms in total. The molecule has 0 spiro atoms. The first-order valence-corrected chi connectivity index (χ1v) is 9.08. The second kappa shape index (κ2) is 8.19. The van der Waals surface area contributed by atoms with Gasteiger partial charge in [0.1, 0.15) is 0 Å². The fourth-order valence-electron chi connectivity index (χ4n) is 2.55. The number of hydrogen-bond donors (Lipinski definition) is 0. The molecule has 0 fully saturated rings. The average Bonchev–Trinajstić information content (AvgIpc) is 2.93. The lowest BCUT2D eigenvalue weighted by Gasteiger charge is -2.23. The topological polar surface area (TPSA) is 32.7 Å². The second-order valence-corrected chi connectivity index (χ2v) is 7.65. The number of aliphatic imine (C=N–C) groups is 1. The van der Waals surface area contributed by atoms with Gasteiger partial charge in [0.25, 0.3) is 0 Å². The molecule has 0 N–H and O–H groups in total. The molecule has 0 atom stereocenters. The molecule has 0 aliphatic carbocycles. The van der Waals surface area contributed by atoms with Crippen LogP contribution in [0.1, 0.15) is 29.8 Å². The van der Waals surface area contributed by atoms with E-state index in [0.29, 0.717) is 6.54 Å². The van der Waals surface area contributed by atoms with E-state index in [9.17, 15) is 4.79 Å². The number of Topliss-reactive ketones (excluding diaryl/α,β-unsaturated/α-hetero) is 1. The van der Waals surface area contributed by atoms with Crippen LogP contribution in [-0.4, -0.2) is 28.8 Å². The van der Waals surface area contributed by atoms with Crippen molar-refractivity contribution in [3.05, 3.63) is 65.7 Å². The van der Waals surface area contributed by atoms with Crippen molar-refractivity contribution >= 4 is 45.4 Å². The average molecular weight is 419 g/mol. The first kappa shape index (κ1) is 19.7. The van der Waals surface area contributed by atoms with Gasteiger partial charge in [-0.3, -0.25) is 9.79 Å². The molecule has 0 radical (unpaired) electrons. The molecule has 1 aliphatic rings. The molecule has 5 heteroatoms. The van der Waals surface area contributed by atoms with Crippen molar-refractivity contribution in [2.24, 2.45) is 4.99 Å². The van der Waals surface area contributed by atoms with E-state index in [-0.39, 0.29) is 28.3 Å². The summed E-state index contributed by atoms with van der Waals surface area (Å²) >= 11 is 1.72. The Kier molecular flexibility index (Phi) is 6.47. The molecule has 0 saturated heterocycles. The molecular weight excluding hydrogens is 396 g/mol. The van der Waals surface area contributed by atoms with Crippen molar-refractivity contribution in [2.45, 2.75) is 26.3 Å². The molecule has 1 heterocycles. The number of anilines is 1. The summed E-state index contributed by atoms with van der Waals surface area (Å²) in [6.07, 6.45) is 0. The van der Waals surface area contributed by atoms with Crippen molar-refractivity contribution in [1.29, 1.82) is 0 Å². The van der Waals surface area contributed by atoms with Crippen molar-refractivity contribution < 1.29 is 4.79 Å². The normalized spacial score (nSPS) is 15.2. The highest BCUT2D eigenvalue weighted by Crippen LogP contribution is 2.31. The van der Waals surface area contributed by atoms with Crippen LogP contribution in [-0.2, 0) is 0 Å². The smallest absolute Gasteiger partial charge is 0.182 e. The van der Waals surface area contributed by atoms with Crippen LogP contribution in [0.5, 0.6) is 0 Å². The van der Waals surface area contributed by atoms with E-state index in [4.69, 9.17) is 4.99 Å². The quantitative estimate of drug-likeness (QED) is 0.643. The summed E-state index contributed by atoms with van der Waals surface area (Å²) in [5.41, 5.74) is 2.81. The van der Waals surface area contributed by atoms with Crippen LogP contribution in [0.15, 0.2) is 59.6 Å². The Morgan fingerprint density at radius 3 is 2.32 bits per heavy atom. The summed E-state index contributed by atoms with van der Waals surface area (Å²) in [5.74, 6) is 1.04. The molecule has 0 bridgehead atoms. The molecule has 25 heavy (non-hydrogen) atoms. The fraction of sp³-hybridized carbons (Fsp3) is 0.300. The number of benzene rings is 2. The van der Waals surface area contributed by atoms with Crippen LogP contribution < -0.4 is 4.90 Å². The van der Waals surface area contributed by atoms with Crippen LogP contribution in [0, 0.1) is 6.92 Å². The predicted molar refractivity (Wildman–Crippen MR) is 114 cm³/mol. The maximum atomic E-state index is 12.8. The number of rotatable bonds is 4. The third kappa shape index (κ3) is 4.95. The fourth-order valence-corrected chi connectivity index (χ4v) is 3.74. The van der Waals surface area contributed by atoms with Crippen molar-refractivity contribution in [3.8, 4) is 0 Å². The highest BCUT2D eigenvalue weighted by Gasteiger charge is 2.30. The first-order chi connectivity index (χ1) is 11.4. The van der Waals surface area contributed by atoms with Gasteiger partial charge in [-0.05, 0) is 32.9 Å². The van der Waals surface area contributed by atoms with Crippen LogP contribution >= 0.6 is 28.7 Å². The first-order valence-electron chi connectivity index (χ1n) is 8.10. The summed E-state index contributed by atoms with van der Waals surface area (Å²) < 4.78 is 0. The molecule has 2 aromatic rings. The number of carbonyl (C=O) groups excluding carboxylic acids is 1. The summed E-state index contributed by atoms with van der Waals surface area (Å²) in [5, 5.41) is 0.923. The number of carbonyl (C=O) groups is 1. The van der Waals surface area contributed by atoms with Gasteiger partial charge in [-0.2, -0.15) is 0 Å². The number of halogens is 1. The van der Waals surface area contributed by atoms with Gasteiger partial charge >= 0.3 is 0 Å². The van der Waals surface area contributed by atoms with Gasteiger partial charge in [-0.25, -0.2) is 0 Å². The maximum Gasteiger partial charge on any atom is 0.182 e. The van der Waals surface area contributed by atoms with Gasteiger partial charge < -0.3 is 4.90 Å². The molecule has 0 unspecified atom stereocenters. The highest BCUT2D eigenvalue weighted by molar-refractivity contribution is 8.93. The van der Waals surface area contributed by atoms with Crippen LogP contribution in [0.2, 0.25) is 0 Å². The molecule has 1 aliphatic heterocycles. The minimum Gasteiger partial charge on any atom is -0.313 e. The predicted octanol–water partition coefficient (Wildman–Crippen LogP) is 5.14. The minimum absolute atomic E-state index is 0. The summed E-state index contributed by atoms with van der Waals surface area (Å²) in [7, 11) is 0. The number of nitrogens with zero attached hydrogens (tertiary/aromatic N) is 2. The lowest BCUT2D eigenvalue weighted by atomic mass is 10.1. The van der Waals surface area contributed by atoms with E-state index in [1.807, 2.05) is 66.4 Å². The maximum absolute atomic E-state index is 12.8. The third-order valence-corrected chi connectivity index (χ3v) is 5.35. The third-order valence-electron chi connectivity index (χ3n) is 3.93. The highest BCUT2D eigenvalue weighted by atomic mass is 79.9. The summed E-state index contributed by atoms with van der Waals surface area (Å²) in [4.78, 5) is 19.6. The molecule has 3 rings (SSSR count). The molecular formula is C20H23BrN2OS. The van der Waals surface area contributed by atoms with Crippen molar-refractivity contribution in [3.63, 3.8) is 0 Å². The van der Waals surface area contributed by atoms with Gasteiger partial charge in [-0.1, -0.05) is 59.8 Å². The van der Waals surface area contributed by atoms with E-state index in [1.165, 1.54) is 0 Å². The second-order valence-electron chi connectivity index (χ2n) is 6.71. The number of amidine groups is 1. The molecule has 2 aromatic carbocycles. The molecule has 0 saturated carbocycles. The Labute approximate surface area is 164 Å².